The number of thiophene rings is 1. The number of hydrogen-bond donors (Lipinski definition) is 1. The molecule has 0 saturated carbocycles. The van der Waals surface area contributed by atoms with Crippen LogP contribution in [0.1, 0.15) is 0 Å². The molecule has 0 aliphatic heterocycles. The first-order chi connectivity index (χ1) is 19.8. The van der Waals surface area contributed by atoms with E-state index in [0.29, 0.717) is 0 Å². The van der Waals surface area contributed by atoms with Crippen molar-refractivity contribution in [1.82, 2.24) is 0 Å². The summed E-state index contributed by atoms with van der Waals surface area (Å²) in [6, 6.07) is 52.4. The van der Waals surface area contributed by atoms with E-state index in [1.807, 2.05) is 11.3 Å². The van der Waals surface area contributed by atoms with Gasteiger partial charge in [-0.05, 0) is 62.5 Å². The Morgan fingerprint density at radius 1 is 0.425 bits per heavy atom. The highest BCUT2D eigenvalue weighted by Crippen LogP contribution is 2.46. The van der Waals surface area contributed by atoms with Crippen LogP contribution in [0, 0.1) is 0 Å². The maximum atomic E-state index is 3.74. The monoisotopic (exact) mass is 527 g/mol. The lowest BCUT2D eigenvalue weighted by Crippen LogP contribution is -1.90. The normalized spacial score (nSPS) is 11.5. The molecular formula is C38H25NS. The van der Waals surface area contributed by atoms with Gasteiger partial charge in [-0.25, -0.2) is 0 Å². The van der Waals surface area contributed by atoms with Gasteiger partial charge in [-0.15, -0.1) is 11.3 Å². The van der Waals surface area contributed by atoms with Crippen molar-refractivity contribution in [3.05, 3.63) is 146 Å². The van der Waals surface area contributed by atoms with Crippen molar-refractivity contribution in [1.29, 1.82) is 0 Å². The standard InChI is InChI=1S/C38H25NS/c1-2-10-26(11-3-1)34-24-28-13-5-7-16-32(28)36-33-18-9-19-35(37(33)40-38(34)36)39-29-22-20-27(21-23-29)31-17-8-14-25-12-4-6-15-30(25)31/h1-24,39H. The molecule has 188 valence electrons. The Balaban J connectivity index is 1.25. The van der Waals surface area contributed by atoms with Gasteiger partial charge in [0.1, 0.15) is 0 Å². The second-order valence-corrected chi connectivity index (χ2v) is 11.2. The fraction of sp³-hybridized carbons (Fsp3) is 0. The molecule has 8 rings (SSSR count). The predicted octanol–water partition coefficient (Wildman–Crippen LogP) is 11.4. The van der Waals surface area contributed by atoms with E-state index in [-0.39, 0.29) is 0 Å². The third kappa shape index (κ3) is 3.77. The van der Waals surface area contributed by atoms with Crippen LogP contribution in [0.3, 0.4) is 0 Å². The summed E-state index contributed by atoms with van der Waals surface area (Å²) in [7, 11) is 0. The first-order valence-corrected chi connectivity index (χ1v) is 14.4. The maximum Gasteiger partial charge on any atom is 0.0590 e. The van der Waals surface area contributed by atoms with Gasteiger partial charge in [0.25, 0.3) is 0 Å². The average molecular weight is 528 g/mol. The molecule has 40 heavy (non-hydrogen) atoms. The summed E-state index contributed by atoms with van der Waals surface area (Å²) in [4.78, 5) is 0. The predicted molar refractivity (Wildman–Crippen MR) is 175 cm³/mol. The minimum absolute atomic E-state index is 1.09. The van der Waals surface area contributed by atoms with E-state index in [4.69, 9.17) is 0 Å². The number of nitrogens with one attached hydrogen (secondary N) is 1. The zero-order valence-electron chi connectivity index (χ0n) is 21.8. The molecular weight excluding hydrogens is 502 g/mol. The number of benzene rings is 7. The molecule has 0 aliphatic carbocycles. The van der Waals surface area contributed by atoms with Crippen LogP contribution in [-0.2, 0) is 0 Å². The summed E-state index contributed by atoms with van der Waals surface area (Å²) in [6.07, 6.45) is 0. The van der Waals surface area contributed by atoms with Crippen LogP contribution >= 0.6 is 11.3 Å². The van der Waals surface area contributed by atoms with Crippen LogP contribution in [0.2, 0.25) is 0 Å². The van der Waals surface area contributed by atoms with Crippen LogP contribution in [0.25, 0.3) is 64.0 Å². The lowest BCUT2D eigenvalue weighted by atomic mass is 9.96. The number of hydrogen-bond acceptors (Lipinski definition) is 2. The molecule has 1 N–H and O–H groups in total. The third-order valence-electron chi connectivity index (χ3n) is 7.84. The first kappa shape index (κ1) is 23.0. The van der Waals surface area contributed by atoms with E-state index < -0.39 is 0 Å². The highest BCUT2D eigenvalue weighted by atomic mass is 32.1. The van der Waals surface area contributed by atoms with Gasteiger partial charge in [0.15, 0.2) is 0 Å². The summed E-state index contributed by atoms with van der Waals surface area (Å²) in [5.41, 5.74) is 7.25. The Bertz CT molecular complexity index is 2170. The Hall–Kier alpha value is -4.92. The van der Waals surface area contributed by atoms with Crippen molar-refractivity contribution in [2.75, 3.05) is 5.32 Å². The Labute approximate surface area is 237 Å². The molecule has 1 heterocycles. The molecule has 0 amide bonds. The molecule has 0 unspecified atom stereocenters. The fourth-order valence-electron chi connectivity index (χ4n) is 5.94. The lowest BCUT2D eigenvalue weighted by molar-refractivity contribution is 1.58. The molecule has 0 atom stereocenters. The van der Waals surface area contributed by atoms with Gasteiger partial charge < -0.3 is 5.32 Å². The largest absolute Gasteiger partial charge is 0.354 e. The van der Waals surface area contributed by atoms with Gasteiger partial charge in [-0.2, -0.15) is 0 Å². The molecule has 0 fully saturated rings. The molecule has 0 aliphatic rings. The topological polar surface area (TPSA) is 12.0 Å². The SMILES string of the molecule is c1ccc(-c2cc3ccccc3c3c2sc2c(Nc4ccc(-c5cccc6ccccc56)cc4)cccc23)cc1. The van der Waals surface area contributed by atoms with Crippen molar-refractivity contribution in [2.45, 2.75) is 0 Å². The summed E-state index contributed by atoms with van der Waals surface area (Å²) < 4.78 is 2.62. The van der Waals surface area contributed by atoms with E-state index in [0.717, 1.165) is 11.4 Å². The Morgan fingerprint density at radius 3 is 1.93 bits per heavy atom. The van der Waals surface area contributed by atoms with Crippen LogP contribution in [-0.4, -0.2) is 0 Å². The van der Waals surface area contributed by atoms with E-state index in [1.165, 1.54) is 64.0 Å². The Morgan fingerprint density at radius 2 is 1.07 bits per heavy atom. The molecule has 1 nitrogen and oxygen atoms in total. The quantitative estimate of drug-likeness (QED) is 0.240. The number of fused-ring (bicyclic) bond motifs is 6. The third-order valence-corrected chi connectivity index (χ3v) is 9.11. The minimum Gasteiger partial charge on any atom is -0.354 e. The van der Waals surface area contributed by atoms with Gasteiger partial charge in [0.2, 0.25) is 0 Å². The van der Waals surface area contributed by atoms with Gasteiger partial charge in [0, 0.05) is 26.7 Å². The molecule has 2 heteroatoms. The van der Waals surface area contributed by atoms with E-state index >= 15 is 0 Å². The molecule has 7 aromatic carbocycles. The summed E-state index contributed by atoms with van der Waals surface area (Å²) >= 11 is 1.88. The van der Waals surface area contributed by atoms with E-state index in [1.54, 1.807) is 0 Å². The highest BCUT2D eigenvalue weighted by molar-refractivity contribution is 7.27. The van der Waals surface area contributed by atoms with Crippen LogP contribution in [0.4, 0.5) is 11.4 Å². The molecule has 0 radical (unpaired) electrons. The minimum atomic E-state index is 1.09. The Kier molecular flexibility index (Phi) is 5.39. The average Bonchev–Trinajstić information content (AvgIpc) is 3.42. The van der Waals surface area contributed by atoms with Gasteiger partial charge in [-0.1, -0.05) is 121 Å². The van der Waals surface area contributed by atoms with Crippen LogP contribution in [0.15, 0.2) is 146 Å². The van der Waals surface area contributed by atoms with Crippen LogP contribution in [0.5, 0.6) is 0 Å². The van der Waals surface area contributed by atoms with E-state index in [2.05, 4.69) is 151 Å². The van der Waals surface area contributed by atoms with Crippen molar-refractivity contribution in [3.63, 3.8) is 0 Å². The van der Waals surface area contributed by atoms with E-state index in [9.17, 15) is 0 Å². The van der Waals surface area contributed by atoms with Crippen molar-refractivity contribution in [2.24, 2.45) is 0 Å². The number of rotatable bonds is 4. The van der Waals surface area contributed by atoms with Gasteiger partial charge in [0.05, 0.1) is 10.4 Å². The summed E-state index contributed by atoms with van der Waals surface area (Å²) in [6.45, 7) is 0. The van der Waals surface area contributed by atoms with Crippen LogP contribution < -0.4 is 5.32 Å². The number of anilines is 2. The van der Waals surface area contributed by atoms with Crippen molar-refractivity contribution >= 4 is 64.4 Å². The summed E-state index contributed by atoms with van der Waals surface area (Å²) in [5.74, 6) is 0. The molecule has 0 saturated heterocycles. The first-order valence-electron chi connectivity index (χ1n) is 13.6. The lowest BCUT2D eigenvalue weighted by Gasteiger charge is -2.10. The van der Waals surface area contributed by atoms with Crippen molar-refractivity contribution < 1.29 is 0 Å². The molecule has 8 aromatic rings. The zero-order chi connectivity index (χ0) is 26.5. The fourth-order valence-corrected chi connectivity index (χ4v) is 7.27. The molecule has 0 bridgehead atoms. The maximum absolute atomic E-state index is 3.74. The second-order valence-electron chi connectivity index (χ2n) is 10.2. The highest BCUT2D eigenvalue weighted by Gasteiger charge is 2.16. The molecule has 1 aromatic heterocycles. The molecule has 0 spiro atoms. The summed E-state index contributed by atoms with van der Waals surface area (Å²) in [5, 5.41) is 11.5. The zero-order valence-corrected chi connectivity index (χ0v) is 22.6. The van der Waals surface area contributed by atoms with Gasteiger partial charge in [-0.3, -0.25) is 0 Å². The van der Waals surface area contributed by atoms with Crippen molar-refractivity contribution in [3.8, 4) is 22.3 Å². The smallest absolute Gasteiger partial charge is 0.0590 e. The van der Waals surface area contributed by atoms with Gasteiger partial charge >= 0.3 is 0 Å². The second kappa shape index (κ2) is 9.37.